The van der Waals surface area contributed by atoms with Gasteiger partial charge in [0.1, 0.15) is 11.4 Å². The van der Waals surface area contributed by atoms with Gasteiger partial charge in [-0.05, 0) is 55.0 Å². The number of rotatable bonds is 9. The average molecular weight is 435 g/mol. The summed E-state index contributed by atoms with van der Waals surface area (Å²) in [4.78, 5) is 17.1. The van der Waals surface area contributed by atoms with E-state index in [0.717, 1.165) is 11.3 Å². The first-order chi connectivity index (χ1) is 15.1. The number of Topliss-reactive ketones (excluding diaryl/α,β-unsaturated/α-hetero) is 1. The number of halogens is 1. The molecule has 0 saturated heterocycles. The molecule has 0 N–H and O–H groups in total. The third kappa shape index (κ3) is 4.80. The van der Waals surface area contributed by atoms with Crippen LogP contribution in [0.3, 0.4) is 0 Å². The standard InChI is InChI=1S/C24H23ClN4O2/c25-20-3-1-4-22(11-20)31-10-2-5-23(30)19-12-26-29(14-19)16-21-15-28-13-18(17-6-7-17)8-9-24(28)27-21/h1,3-4,8-9,11-15,17H,2,5-7,10,16H2. The zero-order chi connectivity index (χ0) is 21.2. The van der Waals surface area contributed by atoms with Crippen LogP contribution >= 0.6 is 11.6 Å². The van der Waals surface area contributed by atoms with E-state index < -0.39 is 0 Å². The number of ether oxygens (including phenoxy) is 1. The predicted molar refractivity (Wildman–Crippen MR) is 119 cm³/mol. The Balaban J connectivity index is 1.15. The van der Waals surface area contributed by atoms with E-state index in [0.29, 0.717) is 48.2 Å². The smallest absolute Gasteiger partial charge is 0.166 e. The molecule has 5 rings (SSSR count). The minimum atomic E-state index is 0.0602. The van der Waals surface area contributed by atoms with E-state index in [4.69, 9.17) is 16.3 Å². The van der Waals surface area contributed by atoms with Gasteiger partial charge in [0.2, 0.25) is 0 Å². The van der Waals surface area contributed by atoms with Crippen molar-refractivity contribution in [3.63, 3.8) is 0 Å². The molecule has 6 nitrogen and oxygen atoms in total. The monoisotopic (exact) mass is 434 g/mol. The molecule has 0 atom stereocenters. The minimum Gasteiger partial charge on any atom is -0.494 e. The Morgan fingerprint density at radius 2 is 2.06 bits per heavy atom. The normalized spacial score (nSPS) is 13.6. The van der Waals surface area contributed by atoms with E-state index >= 15 is 0 Å². The van der Waals surface area contributed by atoms with Crippen LogP contribution in [0, 0.1) is 0 Å². The molecule has 4 aromatic rings. The summed E-state index contributed by atoms with van der Waals surface area (Å²) in [6.07, 6.45) is 11.2. The topological polar surface area (TPSA) is 61.4 Å². The molecule has 7 heteroatoms. The fourth-order valence-corrected chi connectivity index (χ4v) is 3.86. The van der Waals surface area contributed by atoms with Gasteiger partial charge in [-0.15, -0.1) is 0 Å². The molecule has 1 aliphatic carbocycles. The average Bonchev–Trinajstić information content (AvgIpc) is 3.38. The first-order valence-corrected chi connectivity index (χ1v) is 10.9. The van der Waals surface area contributed by atoms with Crippen molar-refractivity contribution >= 4 is 23.0 Å². The molecule has 0 spiro atoms. The maximum absolute atomic E-state index is 12.5. The lowest BCUT2D eigenvalue weighted by atomic mass is 10.1. The van der Waals surface area contributed by atoms with E-state index in [9.17, 15) is 4.79 Å². The summed E-state index contributed by atoms with van der Waals surface area (Å²) >= 11 is 5.94. The van der Waals surface area contributed by atoms with Gasteiger partial charge in [-0.1, -0.05) is 23.7 Å². The Morgan fingerprint density at radius 1 is 1.16 bits per heavy atom. The molecule has 0 aliphatic heterocycles. The highest BCUT2D eigenvalue weighted by Crippen LogP contribution is 2.39. The summed E-state index contributed by atoms with van der Waals surface area (Å²) in [7, 11) is 0. The zero-order valence-electron chi connectivity index (χ0n) is 17.1. The summed E-state index contributed by atoms with van der Waals surface area (Å²) < 4.78 is 9.49. The fourth-order valence-electron chi connectivity index (χ4n) is 3.68. The molecular formula is C24H23ClN4O2. The second-order valence-electron chi connectivity index (χ2n) is 7.99. The van der Waals surface area contributed by atoms with Crippen LogP contribution in [0.4, 0.5) is 0 Å². The molecule has 1 aromatic carbocycles. The number of hydrogen-bond acceptors (Lipinski definition) is 4. The zero-order valence-corrected chi connectivity index (χ0v) is 17.8. The number of ketones is 1. The highest BCUT2D eigenvalue weighted by Gasteiger charge is 2.23. The molecule has 1 saturated carbocycles. The van der Waals surface area contributed by atoms with Crippen molar-refractivity contribution in [2.24, 2.45) is 0 Å². The van der Waals surface area contributed by atoms with Gasteiger partial charge in [-0.25, -0.2) is 4.98 Å². The molecule has 31 heavy (non-hydrogen) atoms. The maximum Gasteiger partial charge on any atom is 0.166 e. The van der Waals surface area contributed by atoms with Gasteiger partial charge >= 0.3 is 0 Å². The highest BCUT2D eigenvalue weighted by atomic mass is 35.5. The van der Waals surface area contributed by atoms with Crippen molar-refractivity contribution in [2.75, 3.05) is 6.61 Å². The van der Waals surface area contributed by atoms with Crippen LogP contribution in [0.5, 0.6) is 5.75 Å². The van der Waals surface area contributed by atoms with Crippen molar-refractivity contribution in [1.82, 2.24) is 19.2 Å². The van der Waals surface area contributed by atoms with E-state index in [1.54, 1.807) is 29.2 Å². The molecular weight excluding hydrogens is 412 g/mol. The van der Waals surface area contributed by atoms with Gasteiger partial charge in [-0.2, -0.15) is 5.10 Å². The summed E-state index contributed by atoms with van der Waals surface area (Å²) in [5, 5.41) is 4.98. The van der Waals surface area contributed by atoms with Crippen molar-refractivity contribution in [3.05, 3.63) is 83.0 Å². The third-order valence-electron chi connectivity index (χ3n) is 5.46. The second kappa shape index (κ2) is 8.55. The fraction of sp³-hybridized carbons (Fsp3) is 0.292. The highest BCUT2D eigenvalue weighted by molar-refractivity contribution is 6.30. The number of pyridine rings is 1. The molecule has 158 valence electrons. The summed E-state index contributed by atoms with van der Waals surface area (Å²) in [6, 6.07) is 11.5. The Bertz CT molecular complexity index is 1230. The van der Waals surface area contributed by atoms with Crippen molar-refractivity contribution in [3.8, 4) is 5.75 Å². The number of imidazole rings is 1. The quantitative estimate of drug-likeness (QED) is 0.270. The predicted octanol–water partition coefficient (Wildman–Crippen LogP) is 5.15. The van der Waals surface area contributed by atoms with Gasteiger partial charge in [0, 0.05) is 30.0 Å². The lowest BCUT2D eigenvalue weighted by Crippen LogP contribution is -2.04. The molecule has 3 heterocycles. The van der Waals surface area contributed by atoms with Crippen LogP contribution in [0.15, 0.2) is 61.2 Å². The molecule has 0 radical (unpaired) electrons. The van der Waals surface area contributed by atoms with Crippen LogP contribution in [0.1, 0.15) is 53.2 Å². The van der Waals surface area contributed by atoms with Crippen molar-refractivity contribution < 1.29 is 9.53 Å². The largest absolute Gasteiger partial charge is 0.494 e. The van der Waals surface area contributed by atoms with Gasteiger partial charge in [0.05, 0.1) is 30.6 Å². The van der Waals surface area contributed by atoms with E-state index in [-0.39, 0.29) is 5.78 Å². The molecule has 0 unspecified atom stereocenters. The van der Waals surface area contributed by atoms with Gasteiger partial charge in [-0.3, -0.25) is 9.48 Å². The third-order valence-corrected chi connectivity index (χ3v) is 5.70. The van der Waals surface area contributed by atoms with E-state index in [1.807, 2.05) is 18.3 Å². The molecule has 1 aliphatic rings. The number of aromatic nitrogens is 4. The van der Waals surface area contributed by atoms with E-state index in [2.05, 4.69) is 32.8 Å². The maximum atomic E-state index is 12.5. The second-order valence-corrected chi connectivity index (χ2v) is 8.43. The van der Waals surface area contributed by atoms with Crippen LogP contribution in [-0.2, 0) is 6.54 Å². The Hall–Kier alpha value is -3.12. The lowest BCUT2D eigenvalue weighted by molar-refractivity contribution is 0.0973. The Kier molecular flexibility index (Phi) is 5.47. The summed E-state index contributed by atoms with van der Waals surface area (Å²) in [6.45, 7) is 0.996. The van der Waals surface area contributed by atoms with Crippen LogP contribution in [-0.4, -0.2) is 31.6 Å². The minimum absolute atomic E-state index is 0.0602. The van der Waals surface area contributed by atoms with Crippen molar-refractivity contribution in [1.29, 1.82) is 0 Å². The molecule has 1 fully saturated rings. The summed E-state index contributed by atoms with van der Waals surface area (Å²) in [5.74, 6) is 1.49. The number of hydrogen-bond donors (Lipinski definition) is 0. The van der Waals surface area contributed by atoms with Crippen molar-refractivity contribution in [2.45, 2.75) is 38.1 Å². The van der Waals surface area contributed by atoms with E-state index in [1.165, 1.54) is 18.4 Å². The number of carbonyl (C=O) groups is 1. The van der Waals surface area contributed by atoms with Crippen LogP contribution in [0.25, 0.3) is 5.65 Å². The summed E-state index contributed by atoms with van der Waals surface area (Å²) in [5.41, 5.74) is 3.85. The number of benzene rings is 1. The lowest BCUT2D eigenvalue weighted by Gasteiger charge is -2.05. The van der Waals surface area contributed by atoms with Crippen LogP contribution in [0.2, 0.25) is 5.02 Å². The first kappa shape index (κ1) is 19.8. The SMILES string of the molecule is O=C(CCCOc1cccc(Cl)c1)c1cnn(Cc2cn3cc(C4CC4)ccc3n2)c1. The van der Waals surface area contributed by atoms with Gasteiger partial charge in [0.15, 0.2) is 5.78 Å². The Morgan fingerprint density at radius 3 is 2.90 bits per heavy atom. The number of fused-ring (bicyclic) bond motifs is 1. The number of carbonyl (C=O) groups excluding carboxylic acids is 1. The molecule has 0 bridgehead atoms. The van der Waals surface area contributed by atoms with Gasteiger partial charge < -0.3 is 9.14 Å². The molecule has 3 aromatic heterocycles. The van der Waals surface area contributed by atoms with Gasteiger partial charge in [0.25, 0.3) is 0 Å². The first-order valence-electron chi connectivity index (χ1n) is 10.6. The Labute approximate surface area is 185 Å². The number of nitrogens with zero attached hydrogens (tertiary/aromatic N) is 4. The molecule has 0 amide bonds. The van der Waals surface area contributed by atoms with Crippen LogP contribution < -0.4 is 4.74 Å².